The third-order valence-electron chi connectivity index (χ3n) is 4.31. The van der Waals surface area contributed by atoms with Crippen LogP contribution >= 0.6 is 11.8 Å². The molecule has 1 atom stereocenters. The molecule has 148 valence electrons. The highest BCUT2D eigenvalue weighted by atomic mass is 32.2. The molecule has 2 heterocycles. The number of rotatable bonds is 6. The van der Waals surface area contributed by atoms with Crippen LogP contribution in [0.25, 0.3) is 0 Å². The second-order valence-electron chi connectivity index (χ2n) is 6.38. The molecule has 2 aromatic rings. The molecule has 0 spiro atoms. The molecule has 1 aliphatic rings. The zero-order valence-corrected chi connectivity index (χ0v) is 17.0. The average molecular weight is 402 g/mol. The van der Waals surface area contributed by atoms with Crippen molar-refractivity contribution in [2.75, 3.05) is 12.4 Å². The summed E-state index contributed by atoms with van der Waals surface area (Å²) in [7, 11) is 1.72. The van der Waals surface area contributed by atoms with E-state index in [0.717, 1.165) is 16.7 Å². The Kier molecular flexibility index (Phi) is 5.98. The Morgan fingerprint density at radius 2 is 2.14 bits per heavy atom. The monoisotopic (exact) mass is 402 g/mol. The van der Waals surface area contributed by atoms with Crippen molar-refractivity contribution in [2.45, 2.75) is 32.0 Å². The molecule has 28 heavy (non-hydrogen) atoms. The fourth-order valence-corrected chi connectivity index (χ4v) is 3.86. The van der Waals surface area contributed by atoms with Crippen LogP contribution in [0.1, 0.15) is 29.7 Å². The predicted molar refractivity (Wildman–Crippen MR) is 104 cm³/mol. The van der Waals surface area contributed by atoms with E-state index in [2.05, 4.69) is 26.2 Å². The molecule has 0 radical (unpaired) electrons. The van der Waals surface area contributed by atoms with Gasteiger partial charge in [0.2, 0.25) is 5.16 Å². The number of amides is 2. The summed E-state index contributed by atoms with van der Waals surface area (Å²) in [5.41, 5.74) is 3.81. The highest BCUT2D eigenvalue weighted by Crippen LogP contribution is 2.32. The maximum absolute atomic E-state index is 12.8. The topological polar surface area (TPSA) is 111 Å². The first-order valence-corrected chi connectivity index (χ1v) is 9.79. The van der Waals surface area contributed by atoms with Crippen molar-refractivity contribution in [3.05, 3.63) is 46.2 Å². The molecular formula is C18H22N6O3S. The van der Waals surface area contributed by atoms with Gasteiger partial charge in [0.1, 0.15) is 0 Å². The van der Waals surface area contributed by atoms with Crippen LogP contribution in [0.3, 0.4) is 0 Å². The van der Waals surface area contributed by atoms with Gasteiger partial charge in [0, 0.05) is 18.5 Å². The number of aromatic nitrogens is 4. The SMILES string of the molecule is CCOC(=O)C1=C(CSc2nnnn2C)NC(=O)N[C@@H]1c1ccc(C)cc1C. The smallest absolute Gasteiger partial charge is 0.338 e. The zero-order valence-electron chi connectivity index (χ0n) is 16.1. The van der Waals surface area contributed by atoms with E-state index in [-0.39, 0.29) is 12.6 Å². The van der Waals surface area contributed by atoms with E-state index in [1.165, 1.54) is 16.4 Å². The number of carbonyl (C=O) groups is 2. The van der Waals surface area contributed by atoms with Gasteiger partial charge < -0.3 is 15.4 Å². The molecule has 1 aliphatic heterocycles. The first-order chi connectivity index (χ1) is 13.4. The van der Waals surface area contributed by atoms with Crippen molar-refractivity contribution >= 4 is 23.8 Å². The molecule has 1 aromatic carbocycles. The summed E-state index contributed by atoms with van der Waals surface area (Å²) in [6, 6.07) is 4.94. The first kappa shape index (κ1) is 19.9. The lowest BCUT2D eigenvalue weighted by Crippen LogP contribution is -2.46. The molecule has 0 aliphatic carbocycles. The van der Waals surface area contributed by atoms with Gasteiger partial charge in [0.05, 0.1) is 18.2 Å². The van der Waals surface area contributed by atoms with Crippen LogP contribution in [0.2, 0.25) is 0 Å². The summed E-state index contributed by atoms with van der Waals surface area (Å²) in [6.07, 6.45) is 0. The Hall–Kier alpha value is -2.88. The molecule has 10 heteroatoms. The van der Waals surface area contributed by atoms with Crippen LogP contribution in [0.4, 0.5) is 4.79 Å². The number of carbonyl (C=O) groups excluding carboxylic acids is 2. The number of esters is 1. The molecule has 2 amide bonds. The van der Waals surface area contributed by atoms with Crippen molar-refractivity contribution in [3.63, 3.8) is 0 Å². The van der Waals surface area contributed by atoms with Gasteiger partial charge >= 0.3 is 12.0 Å². The summed E-state index contributed by atoms with van der Waals surface area (Å²) < 4.78 is 6.81. The summed E-state index contributed by atoms with van der Waals surface area (Å²) in [4.78, 5) is 25.1. The van der Waals surface area contributed by atoms with Crippen LogP contribution in [0, 0.1) is 13.8 Å². The minimum Gasteiger partial charge on any atom is -0.463 e. The number of tetrazole rings is 1. The van der Waals surface area contributed by atoms with Crippen LogP contribution in [0.5, 0.6) is 0 Å². The lowest BCUT2D eigenvalue weighted by molar-refractivity contribution is -0.139. The molecule has 1 aromatic heterocycles. The van der Waals surface area contributed by atoms with Gasteiger partial charge in [-0.3, -0.25) is 0 Å². The number of hydrogen-bond acceptors (Lipinski definition) is 7. The van der Waals surface area contributed by atoms with E-state index < -0.39 is 12.0 Å². The van der Waals surface area contributed by atoms with E-state index in [1.807, 2.05) is 32.0 Å². The Morgan fingerprint density at radius 3 is 2.79 bits per heavy atom. The van der Waals surface area contributed by atoms with Crippen molar-refractivity contribution in [1.29, 1.82) is 0 Å². The molecule has 0 fully saturated rings. The number of nitrogens with zero attached hydrogens (tertiary/aromatic N) is 4. The van der Waals surface area contributed by atoms with Crippen LogP contribution in [0.15, 0.2) is 34.6 Å². The van der Waals surface area contributed by atoms with Crippen molar-refractivity contribution in [3.8, 4) is 0 Å². The van der Waals surface area contributed by atoms with E-state index in [4.69, 9.17) is 4.74 Å². The summed E-state index contributed by atoms with van der Waals surface area (Å²) in [6.45, 7) is 5.94. The van der Waals surface area contributed by atoms with E-state index in [1.54, 1.807) is 14.0 Å². The lowest BCUT2D eigenvalue weighted by atomic mass is 9.91. The van der Waals surface area contributed by atoms with Crippen LogP contribution in [-0.2, 0) is 16.6 Å². The second kappa shape index (κ2) is 8.42. The third-order valence-corrected chi connectivity index (χ3v) is 5.35. The number of ether oxygens (including phenoxy) is 1. The number of benzene rings is 1. The molecule has 0 bridgehead atoms. The largest absolute Gasteiger partial charge is 0.463 e. The number of thioether (sulfide) groups is 1. The molecule has 0 unspecified atom stereocenters. The first-order valence-electron chi connectivity index (χ1n) is 8.80. The fraction of sp³-hybridized carbons (Fsp3) is 0.389. The van der Waals surface area contributed by atoms with Crippen LogP contribution in [-0.4, -0.2) is 44.6 Å². The third kappa shape index (κ3) is 4.16. The van der Waals surface area contributed by atoms with E-state index in [0.29, 0.717) is 22.2 Å². The lowest BCUT2D eigenvalue weighted by Gasteiger charge is -2.30. The molecule has 0 saturated heterocycles. The number of nitrogens with one attached hydrogen (secondary N) is 2. The quantitative estimate of drug-likeness (QED) is 0.560. The molecule has 0 saturated carbocycles. The minimum absolute atomic E-state index is 0.240. The fourth-order valence-electron chi connectivity index (χ4n) is 3.04. The highest BCUT2D eigenvalue weighted by Gasteiger charge is 2.34. The predicted octanol–water partition coefficient (Wildman–Crippen LogP) is 1.79. The highest BCUT2D eigenvalue weighted by molar-refractivity contribution is 7.99. The molecule has 2 N–H and O–H groups in total. The normalized spacial score (nSPS) is 16.6. The zero-order chi connectivity index (χ0) is 20.3. The van der Waals surface area contributed by atoms with Gasteiger partial charge in [0.25, 0.3) is 0 Å². The maximum atomic E-state index is 12.8. The Labute approximate surface area is 166 Å². The van der Waals surface area contributed by atoms with Gasteiger partial charge in [-0.25, -0.2) is 14.3 Å². The number of urea groups is 1. The maximum Gasteiger partial charge on any atom is 0.338 e. The van der Waals surface area contributed by atoms with Gasteiger partial charge in [-0.1, -0.05) is 35.5 Å². The Morgan fingerprint density at radius 1 is 1.36 bits per heavy atom. The van der Waals surface area contributed by atoms with Gasteiger partial charge in [-0.2, -0.15) is 0 Å². The Balaban J connectivity index is 2.02. The van der Waals surface area contributed by atoms with Gasteiger partial charge in [-0.05, 0) is 42.3 Å². The summed E-state index contributed by atoms with van der Waals surface area (Å²) in [5.74, 6) is -0.149. The second-order valence-corrected chi connectivity index (χ2v) is 7.32. The van der Waals surface area contributed by atoms with Gasteiger partial charge in [0.15, 0.2) is 0 Å². The molecule has 3 rings (SSSR count). The number of hydrogen-bond donors (Lipinski definition) is 2. The summed E-state index contributed by atoms with van der Waals surface area (Å²) >= 11 is 1.32. The van der Waals surface area contributed by atoms with Crippen molar-refractivity contribution in [2.24, 2.45) is 7.05 Å². The number of aryl methyl sites for hydroxylation is 3. The van der Waals surface area contributed by atoms with E-state index in [9.17, 15) is 9.59 Å². The van der Waals surface area contributed by atoms with Crippen molar-refractivity contribution < 1.29 is 14.3 Å². The standard InChI is InChI=1S/C18H22N6O3S/c1-5-27-16(25)14-13(9-28-18-21-22-23-24(18)4)19-17(26)20-15(14)12-7-6-10(2)8-11(12)3/h6-8,15H,5,9H2,1-4H3,(H2,19,20,26)/t15-/m1/s1. The van der Waals surface area contributed by atoms with Crippen molar-refractivity contribution in [1.82, 2.24) is 30.8 Å². The minimum atomic E-state index is -0.596. The molecule has 9 nitrogen and oxygen atoms in total. The Bertz CT molecular complexity index is 939. The van der Waals surface area contributed by atoms with E-state index >= 15 is 0 Å². The van der Waals surface area contributed by atoms with Crippen LogP contribution < -0.4 is 10.6 Å². The molecular weight excluding hydrogens is 380 g/mol. The summed E-state index contributed by atoms with van der Waals surface area (Å²) in [5, 5.41) is 17.5. The van der Waals surface area contributed by atoms with Gasteiger partial charge in [-0.15, -0.1) is 5.10 Å². The average Bonchev–Trinajstić information content (AvgIpc) is 3.04.